The van der Waals surface area contributed by atoms with Crippen molar-refractivity contribution < 1.29 is 5.11 Å². The standard InChI is InChI=1S/C26H28N8O2/c1-13-12-22(28-27-6)14(2)15(3)23(13)31-30-21-11-8-18-16(4)20(10-9-19(18)25(21)35)29-32-24-17(5)33-34(7)26(24)36/h8-12,33,35H,1-7H3. The van der Waals surface area contributed by atoms with E-state index in [1.165, 1.54) is 4.68 Å². The quantitative estimate of drug-likeness (QED) is 0.281. The molecule has 4 rings (SSSR count). The van der Waals surface area contributed by atoms with Crippen LogP contribution in [0.3, 0.4) is 0 Å². The molecule has 0 fully saturated rings. The number of phenolic OH excluding ortho intramolecular Hbond substituents is 1. The van der Waals surface area contributed by atoms with Crippen LogP contribution in [0.2, 0.25) is 0 Å². The van der Waals surface area contributed by atoms with Gasteiger partial charge in [0.05, 0.1) is 22.8 Å². The van der Waals surface area contributed by atoms with Crippen molar-refractivity contribution in [2.75, 3.05) is 7.05 Å². The molecule has 0 aliphatic heterocycles. The van der Waals surface area contributed by atoms with Gasteiger partial charge in [-0.25, -0.2) is 0 Å². The maximum absolute atomic E-state index is 12.2. The highest BCUT2D eigenvalue weighted by atomic mass is 16.3. The molecule has 1 heterocycles. The summed E-state index contributed by atoms with van der Waals surface area (Å²) < 4.78 is 1.36. The molecule has 0 saturated heterocycles. The third-order valence-electron chi connectivity index (χ3n) is 6.34. The second-order valence-electron chi connectivity index (χ2n) is 8.70. The molecule has 0 atom stereocenters. The lowest BCUT2D eigenvalue weighted by Crippen LogP contribution is -2.10. The Morgan fingerprint density at radius 2 is 1.39 bits per heavy atom. The number of nitrogens with one attached hydrogen (secondary N) is 1. The first-order valence-corrected chi connectivity index (χ1v) is 11.4. The summed E-state index contributed by atoms with van der Waals surface area (Å²) in [7, 11) is 3.27. The lowest BCUT2D eigenvalue weighted by Gasteiger charge is -2.11. The smallest absolute Gasteiger partial charge is 0.294 e. The fourth-order valence-corrected chi connectivity index (χ4v) is 4.12. The van der Waals surface area contributed by atoms with Gasteiger partial charge in [0.15, 0.2) is 11.4 Å². The number of aromatic nitrogens is 2. The topological polar surface area (TPSA) is 132 Å². The van der Waals surface area contributed by atoms with Crippen LogP contribution in [0.1, 0.15) is 27.9 Å². The minimum Gasteiger partial charge on any atom is -0.505 e. The Kier molecular flexibility index (Phi) is 6.61. The molecule has 4 aromatic rings. The summed E-state index contributed by atoms with van der Waals surface area (Å²) in [5.74, 6) is 0.0293. The number of H-pyrrole nitrogens is 1. The molecule has 184 valence electrons. The van der Waals surface area contributed by atoms with Gasteiger partial charge >= 0.3 is 0 Å². The first kappa shape index (κ1) is 24.6. The third kappa shape index (κ3) is 4.33. The maximum atomic E-state index is 12.2. The summed E-state index contributed by atoms with van der Waals surface area (Å²) in [5.41, 5.74) is 6.84. The summed E-state index contributed by atoms with van der Waals surface area (Å²) in [4.78, 5) is 12.2. The molecule has 0 unspecified atom stereocenters. The highest BCUT2D eigenvalue weighted by molar-refractivity contribution is 5.96. The number of rotatable bonds is 5. The van der Waals surface area contributed by atoms with Gasteiger partial charge in [0.1, 0.15) is 5.69 Å². The van der Waals surface area contributed by atoms with Crippen molar-refractivity contribution in [1.29, 1.82) is 0 Å². The van der Waals surface area contributed by atoms with Crippen LogP contribution < -0.4 is 5.56 Å². The molecule has 0 radical (unpaired) electrons. The molecule has 0 spiro atoms. The number of nitrogens with zero attached hydrogens (tertiary/aromatic N) is 7. The number of phenols is 1. The van der Waals surface area contributed by atoms with Crippen LogP contribution in [0.5, 0.6) is 5.75 Å². The van der Waals surface area contributed by atoms with Gasteiger partial charge in [-0.2, -0.15) is 15.3 Å². The monoisotopic (exact) mass is 484 g/mol. The largest absolute Gasteiger partial charge is 0.505 e. The molecule has 3 aromatic carbocycles. The van der Waals surface area contributed by atoms with Gasteiger partial charge in [0, 0.05) is 19.5 Å². The Labute approximate surface area is 208 Å². The lowest BCUT2D eigenvalue weighted by atomic mass is 10.0. The Morgan fingerprint density at radius 1 is 0.750 bits per heavy atom. The van der Waals surface area contributed by atoms with Crippen LogP contribution >= 0.6 is 0 Å². The fraction of sp³-hybridized carbons (Fsp3) is 0.269. The number of aromatic hydroxyl groups is 1. The van der Waals surface area contributed by atoms with Crippen LogP contribution in [0.15, 0.2) is 65.8 Å². The Balaban J connectivity index is 1.71. The number of aromatic amines is 1. The lowest BCUT2D eigenvalue weighted by molar-refractivity contribution is 0.482. The van der Waals surface area contributed by atoms with E-state index in [1.807, 2.05) is 39.8 Å². The molecule has 0 saturated carbocycles. The molecule has 36 heavy (non-hydrogen) atoms. The summed E-state index contributed by atoms with van der Waals surface area (Å²) in [6.45, 7) is 9.55. The zero-order chi connectivity index (χ0) is 26.1. The average molecular weight is 485 g/mol. The van der Waals surface area contributed by atoms with Crippen molar-refractivity contribution >= 4 is 39.2 Å². The number of hydrogen-bond donors (Lipinski definition) is 2. The van der Waals surface area contributed by atoms with Gasteiger partial charge in [-0.1, -0.05) is 6.07 Å². The summed E-state index contributed by atoms with van der Waals surface area (Å²) in [6.07, 6.45) is 0. The second-order valence-corrected chi connectivity index (χ2v) is 8.70. The van der Waals surface area contributed by atoms with Crippen molar-refractivity contribution in [2.24, 2.45) is 37.7 Å². The van der Waals surface area contributed by atoms with Gasteiger partial charge in [0.2, 0.25) is 0 Å². The van der Waals surface area contributed by atoms with Crippen molar-refractivity contribution in [2.45, 2.75) is 34.6 Å². The molecule has 10 nitrogen and oxygen atoms in total. The number of benzene rings is 3. The van der Waals surface area contributed by atoms with E-state index in [0.717, 1.165) is 39.0 Å². The van der Waals surface area contributed by atoms with E-state index in [1.54, 1.807) is 39.2 Å². The van der Waals surface area contributed by atoms with E-state index in [-0.39, 0.29) is 17.0 Å². The number of azo groups is 3. The maximum Gasteiger partial charge on any atom is 0.294 e. The fourth-order valence-electron chi connectivity index (χ4n) is 4.12. The Bertz CT molecular complexity index is 1640. The van der Waals surface area contributed by atoms with Crippen molar-refractivity contribution in [3.63, 3.8) is 0 Å². The predicted molar refractivity (Wildman–Crippen MR) is 141 cm³/mol. The van der Waals surface area contributed by atoms with Crippen LogP contribution in [0.4, 0.5) is 28.4 Å². The number of fused-ring (bicyclic) bond motifs is 1. The van der Waals surface area contributed by atoms with Gasteiger partial charge in [-0.15, -0.1) is 15.3 Å². The minimum atomic E-state index is -0.243. The molecular formula is C26H28N8O2. The number of aryl methyl sites for hydroxylation is 4. The minimum absolute atomic E-state index is 0.0293. The average Bonchev–Trinajstić information content (AvgIpc) is 3.09. The molecule has 2 N–H and O–H groups in total. The molecule has 0 bridgehead atoms. The Morgan fingerprint density at radius 3 is 2.06 bits per heavy atom. The zero-order valence-corrected chi connectivity index (χ0v) is 21.4. The molecule has 0 amide bonds. The molecule has 0 aliphatic carbocycles. The van der Waals surface area contributed by atoms with E-state index in [9.17, 15) is 9.90 Å². The highest BCUT2D eigenvalue weighted by Gasteiger charge is 2.13. The molecule has 1 aromatic heterocycles. The van der Waals surface area contributed by atoms with Crippen molar-refractivity contribution in [3.8, 4) is 5.75 Å². The van der Waals surface area contributed by atoms with Gasteiger partial charge in [0.25, 0.3) is 5.56 Å². The first-order valence-electron chi connectivity index (χ1n) is 11.4. The van der Waals surface area contributed by atoms with Crippen LogP contribution in [0.25, 0.3) is 10.8 Å². The normalized spacial score (nSPS) is 12.2. The molecule has 10 heteroatoms. The highest BCUT2D eigenvalue weighted by Crippen LogP contribution is 2.40. The van der Waals surface area contributed by atoms with E-state index >= 15 is 0 Å². The van der Waals surface area contributed by atoms with E-state index in [4.69, 9.17) is 0 Å². The summed E-state index contributed by atoms with van der Waals surface area (Å²) >= 11 is 0. The van der Waals surface area contributed by atoms with Gasteiger partial charge in [-0.05, 0) is 86.5 Å². The predicted octanol–water partition coefficient (Wildman–Crippen LogP) is 7.66. The Hall–Kier alpha value is -4.47. The van der Waals surface area contributed by atoms with E-state index < -0.39 is 0 Å². The number of hydrogen-bond acceptors (Lipinski definition) is 8. The summed E-state index contributed by atoms with van der Waals surface area (Å²) in [6, 6.07) is 9.03. The van der Waals surface area contributed by atoms with Gasteiger partial charge in [-0.3, -0.25) is 14.6 Å². The second kappa shape index (κ2) is 9.65. The first-order chi connectivity index (χ1) is 17.1. The van der Waals surface area contributed by atoms with E-state index in [0.29, 0.717) is 22.5 Å². The van der Waals surface area contributed by atoms with Crippen LogP contribution in [-0.2, 0) is 7.05 Å². The van der Waals surface area contributed by atoms with Crippen molar-refractivity contribution in [3.05, 3.63) is 68.6 Å². The van der Waals surface area contributed by atoms with E-state index in [2.05, 4.69) is 35.8 Å². The van der Waals surface area contributed by atoms with Crippen LogP contribution in [0, 0.1) is 34.6 Å². The van der Waals surface area contributed by atoms with Crippen molar-refractivity contribution in [1.82, 2.24) is 9.78 Å². The molecule has 0 aliphatic rings. The van der Waals surface area contributed by atoms with Crippen LogP contribution in [-0.4, -0.2) is 21.9 Å². The molecular weight excluding hydrogens is 456 g/mol. The third-order valence-corrected chi connectivity index (χ3v) is 6.34. The zero-order valence-electron chi connectivity index (χ0n) is 21.4. The SMILES string of the molecule is CN=Nc1cc(C)c(N=Nc2ccc3c(C)c(N=Nc4c(C)[nH]n(C)c4=O)ccc3c2O)c(C)c1C. The van der Waals surface area contributed by atoms with Gasteiger partial charge < -0.3 is 5.11 Å². The summed E-state index contributed by atoms with van der Waals surface area (Å²) in [5, 5.41) is 40.6.